The second-order valence-electron chi connectivity index (χ2n) is 5.66. The molecule has 2 N–H and O–H groups in total. The van der Waals surface area contributed by atoms with Crippen LogP contribution in [0.4, 0.5) is 0 Å². The molecule has 5 heteroatoms. The van der Waals surface area contributed by atoms with Crippen molar-refractivity contribution >= 4 is 5.91 Å². The highest BCUT2D eigenvalue weighted by molar-refractivity contribution is 5.82. The van der Waals surface area contributed by atoms with Crippen LogP contribution in [-0.2, 0) is 4.79 Å². The summed E-state index contributed by atoms with van der Waals surface area (Å²) < 4.78 is 5.77. The van der Waals surface area contributed by atoms with E-state index in [1.165, 1.54) is 0 Å². The summed E-state index contributed by atoms with van der Waals surface area (Å²) in [7, 11) is 0. The second-order valence-corrected chi connectivity index (χ2v) is 5.66. The van der Waals surface area contributed by atoms with Crippen molar-refractivity contribution in [3.63, 3.8) is 0 Å². The Balaban J connectivity index is 1.64. The van der Waals surface area contributed by atoms with E-state index < -0.39 is 0 Å². The summed E-state index contributed by atoms with van der Waals surface area (Å²) in [4.78, 5) is 16.5. The first-order chi connectivity index (χ1) is 10.7. The molecule has 116 valence electrons. The van der Waals surface area contributed by atoms with E-state index in [2.05, 4.69) is 15.6 Å². The van der Waals surface area contributed by atoms with Gasteiger partial charge in [0.15, 0.2) is 5.76 Å². The van der Waals surface area contributed by atoms with E-state index in [0.29, 0.717) is 11.7 Å². The van der Waals surface area contributed by atoms with Crippen LogP contribution >= 0.6 is 0 Å². The number of piperidine rings is 1. The minimum absolute atomic E-state index is 0.0201. The average Bonchev–Trinajstić information content (AvgIpc) is 3.06. The monoisotopic (exact) mass is 299 g/mol. The maximum Gasteiger partial charge on any atom is 0.237 e. The molecule has 0 saturated carbocycles. The third-order valence-electron chi connectivity index (χ3n) is 3.94. The van der Waals surface area contributed by atoms with Crippen LogP contribution in [0.3, 0.4) is 0 Å². The molecule has 1 aromatic carbocycles. The number of hydrogen-bond acceptors (Lipinski definition) is 4. The first kappa shape index (κ1) is 14.8. The van der Waals surface area contributed by atoms with Crippen LogP contribution in [0.2, 0.25) is 0 Å². The van der Waals surface area contributed by atoms with Crippen molar-refractivity contribution in [2.45, 2.75) is 38.3 Å². The molecule has 22 heavy (non-hydrogen) atoms. The highest BCUT2D eigenvalue weighted by Gasteiger charge is 2.23. The van der Waals surface area contributed by atoms with E-state index in [0.717, 1.165) is 31.4 Å². The Kier molecular flexibility index (Phi) is 4.53. The van der Waals surface area contributed by atoms with Crippen LogP contribution in [0.5, 0.6) is 0 Å². The zero-order chi connectivity index (χ0) is 15.4. The number of carbonyl (C=O) groups is 1. The molecule has 0 bridgehead atoms. The molecule has 1 aromatic heterocycles. The van der Waals surface area contributed by atoms with E-state index in [-0.39, 0.29) is 18.0 Å². The zero-order valence-electron chi connectivity index (χ0n) is 12.7. The van der Waals surface area contributed by atoms with E-state index in [4.69, 9.17) is 4.42 Å². The molecule has 0 spiro atoms. The molecule has 1 fully saturated rings. The fourth-order valence-corrected chi connectivity index (χ4v) is 2.68. The summed E-state index contributed by atoms with van der Waals surface area (Å²) in [6.07, 6.45) is 4.82. The Hall–Kier alpha value is -2.14. The Morgan fingerprint density at radius 2 is 2.18 bits per heavy atom. The number of nitrogens with one attached hydrogen (secondary N) is 2. The molecule has 2 heterocycles. The molecule has 1 saturated heterocycles. The van der Waals surface area contributed by atoms with Crippen LogP contribution in [0.1, 0.15) is 38.1 Å². The predicted octanol–water partition coefficient (Wildman–Crippen LogP) is 2.66. The molecule has 5 nitrogen and oxygen atoms in total. The van der Waals surface area contributed by atoms with Gasteiger partial charge in [0, 0.05) is 5.56 Å². The van der Waals surface area contributed by atoms with E-state index >= 15 is 0 Å². The molecule has 2 unspecified atom stereocenters. The molecule has 1 aliphatic heterocycles. The quantitative estimate of drug-likeness (QED) is 0.911. The number of nitrogens with zero attached hydrogens (tertiary/aromatic N) is 1. The Morgan fingerprint density at radius 1 is 1.36 bits per heavy atom. The number of benzene rings is 1. The number of oxazole rings is 1. The van der Waals surface area contributed by atoms with Gasteiger partial charge < -0.3 is 15.1 Å². The van der Waals surface area contributed by atoms with Gasteiger partial charge in [-0.15, -0.1) is 0 Å². The fraction of sp³-hybridized carbons (Fsp3) is 0.412. The average molecular weight is 299 g/mol. The lowest BCUT2D eigenvalue weighted by Crippen LogP contribution is -2.47. The lowest BCUT2D eigenvalue weighted by Gasteiger charge is -2.23. The molecule has 2 aromatic rings. The van der Waals surface area contributed by atoms with Gasteiger partial charge in [0.2, 0.25) is 11.8 Å². The van der Waals surface area contributed by atoms with Gasteiger partial charge in [-0.2, -0.15) is 0 Å². The summed E-state index contributed by atoms with van der Waals surface area (Å²) in [6.45, 7) is 2.80. The summed E-state index contributed by atoms with van der Waals surface area (Å²) in [5.74, 6) is 1.27. The van der Waals surface area contributed by atoms with Gasteiger partial charge in [0.25, 0.3) is 0 Å². The number of amides is 1. The van der Waals surface area contributed by atoms with E-state index in [1.54, 1.807) is 6.20 Å². The molecular weight excluding hydrogens is 278 g/mol. The Labute approximate surface area is 130 Å². The molecule has 0 aliphatic carbocycles. The number of hydrogen-bond donors (Lipinski definition) is 2. The second kappa shape index (κ2) is 6.75. The lowest BCUT2D eigenvalue weighted by molar-refractivity contribution is -0.124. The minimum Gasteiger partial charge on any atom is -0.438 e. The molecule has 2 atom stereocenters. The van der Waals surface area contributed by atoms with Gasteiger partial charge in [0.1, 0.15) is 6.04 Å². The van der Waals surface area contributed by atoms with Gasteiger partial charge in [-0.3, -0.25) is 4.79 Å². The maximum atomic E-state index is 12.2. The van der Waals surface area contributed by atoms with Crippen LogP contribution in [0.25, 0.3) is 11.3 Å². The van der Waals surface area contributed by atoms with Crippen LogP contribution in [-0.4, -0.2) is 23.5 Å². The van der Waals surface area contributed by atoms with Gasteiger partial charge in [-0.1, -0.05) is 36.8 Å². The number of aromatic nitrogens is 1. The van der Waals surface area contributed by atoms with Crippen LogP contribution < -0.4 is 10.6 Å². The highest BCUT2D eigenvalue weighted by atomic mass is 16.4. The molecular formula is C17H21N3O2. The van der Waals surface area contributed by atoms with Gasteiger partial charge in [-0.25, -0.2) is 4.98 Å². The van der Waals surface area contributed by atoms with Gasteiger partial charge in [0.05, 0.1) is 12.2 Å². The van der Waals surface area contributed by atoms with Crippen LogP contribution in [0, 0.1) is 0 Å². The van der Waals surface area contributed by atoms with Crippen molar-refractivity contribution in [2.24, 2.45) is 0 Å². The summed E-state index contributed by atoms with van der Waals surface area (Å²) in [5, 5.41) is 6.22. The van der Waals surface area contributed by atoms with Gasteiger partial charge >= 0.3 is 0 Å². The number of carbonyl (C=O) groups excluding carboxylic acids is 1. The van der Waals surface area contributed by atoms with Crippen molar-refractivity contribution in [1.82, 2.24) is 15.6 Å². The SMILES string of the molecule is CC(NC(=O)C1CCCCN1)c1ncc(-c2ccccc2)o1. The third-order valence-corrected chi connectivity index (χ3v) is 3.94. The largest absolute Gasteiger partial charge is 0.438 e. The highest BCUT2D eigenvalue weighted by Crippen LogP contribution is 2.22. The third kappa shape index (κ3) is 3.36. The van der Waals surface area contributed by atoms with Crippen molar-refractivity contribution in [1.29, 1.82) is 0 Å². The first-order valence-electron chi connectivity index (χ1n) is 7.79. The van der Waals surface area contributed by atoms with Crippen molar-refractivity contribution in [3.8, 4) is 11.3 Å². The number of rotatable bonds is 4. The van der Waals surface area contributed by atoms with E-state index in [9.17, 15) is 4.79 Å². The predicted molar refractivity (Wildman–Crippen MR) is 84.1 cm³/mol. The van der Waals surface area contributed by atoms with Crippen molar-refractivity contribution < 1.29 is 9.21 Å². The first-order valence-corrected chi connectivity index (χ1v) is 7.79. The standard InChI is InChI=1S/C17H21N3O2/c1-12(20-16(21)14-9-5-6-10-18-14)17-19-11-15(22-17)13-7-3-2-4-8-13/h2-4,7-8,11-12,14,18H,5-6,9-10H2,1H3,(H,20,21). The topological polar surface area (TPSA) is 67.2 Å². The van der Waals surface area contributed by atoms with Gasteiger partial charge in [-0.05, 0) is 26.3 Å². The fourth-order valence-electron chi connectivity index (χ4n) is 2.68. The lowest BCUT2D eigenvalue weighted by atomic mass is 10.0. The zero-order valence-corrected chi connectivity index (χ0v) is 12.7. The summed E-state index contributed by atoms with van der Waals surface area (Å²) >= 11 is 0. The minimum atomic E-state index is -0.242. The molecule has 0 radical (unpaired) electrons. The maximum absolute atomic E-state index is 12.2. The Morgan fingerprint density at radius 3 is 2.91 bits per heavy atom. The summed E-state index contributed by atoms with van der Waals surface area (Å²) in [5.41, 5.74) is 0.980. The normalized spacial score (nSPS) is 19.6. The van der Waals surface area contributed by atoms with Crippen molar-refractivity contribution in [2.75, 3.05) is 6.54 Å². The molecule has 1 aliphatic rings. The van der Waals surface area contributed by atoms with Crippen LogP contribution in [0.15, 0.2) is 40.9 Å². The Bertz CT molecular complexity index is 618. The summed E-state index contributed by atoms with van der Waals surface area (Å²) in [6, 6.07) is 9.47. The van der Waals surface area contributed by atoms with E-state index in [1.807, 2.05) is 37.3 Å². The molecule has 1 amide bonds. The smallest absolute Gasteiger partial charge is 0.237 e. The molecule has 3 rings (SSSR count). The van der Waals surface area contributed by atoms with Crippen molar-refractivity contribution in [3.05, 3.63) is 42.4 Å².